The first kappa shape index (κ1) is 9.93. The molecule has 3 nitrogen and oxygen atoms in total. The van der Waals surface area contributed by atoms with Crippen molar-refractivity contribution in [1.29, 1.82) is 0 Å². The van der Waals surface area contributed by atoms with E-state index >= 15 is 0 Å². The van der Waals surface area contributed by atoms with Crippen LogP contribution in [0.5, 0.6) is 0 Å². The molecule has 0 unspecified atom stereocenters. The minimum atomic E-state index is -0.859. The summed E-state index contributed by atoms with van der Waals surface area (Å²) in [6.07, 6.45) is 3.59. The second-order valence-electron chi connectivity index (χ2n) is 4.03. The van der Waals surface area contributed by atoms with Gasteiger partial charge in [-0.05, 0) is 26.0 Å². The molecule has 0 bridgehead atoms. The van der Waals surface area contributed by atoms with Crippen molar-refractivity contribution in [2.75, 3.05) is 0 Å². The van der Waals surface area contributed by atoms with Crippen LogP contribution in [0.4, 0.5) is 0 Å². The summed E-state index contributed by atoms with van der Waals surface area (Å²) < 4.78 is 1.76. The Hall–Kier alpha value is -1.61. The van der Waals surface area contributed by atoms with Crippen LogP contribution in [0.1, 0.15) is 19.4 Å². The predicted molar refractivity (Wildman–Crippen MR) is 58.8 cm³/mol. The van der Waals surface area contributed by atoms with E-state index in [-0.39, 0.29) is 0 Å². The monoisotopic (exact) mass is 202 g/mol. The molecule has 0 aliphatic heterocycles. The zero-order chi connectivity index (χ0) is 10.9. The van der Waals surface area contributed by atoms with E-state index in [4.69, 9.17) is 0 Å². The van der Waals surface area contributed by atoms with Crippen LogP contribution >= 0.6 is 0 Å². The van der Waals surface area contributed by atoms with Gasteiger partial charge in [0.15, 0.2) is 0 Å². The van der Waals surface area contributed by atoms with Gasteiger partial charge in [0.2, 0.25) is 0 Å². The summed E-state index contributed by atoms with van der Waals surface area (Å²) in [5.41, 5.74) is 0.923. The molecule has 2 rings (SSSR count). The fourth-order valence-electron chi connectivity index (χ4n) is 1.60. The summed E-state index contributed by atoms with van der Waals surface area (Å²) in [6.45, 7) is 3.55. The standard InChI is InChI=1S/C12H14N2O/c1-12(2,15)10-6-3-4-7-11(10)14-9-5-8-13-14/h3-9,15H,1-2H3. The zero-order valence-corrected chi connectivity index (χ0v) is 8.88. The molecule has 0 radical (unpaired) electrons. The number of hydrogen-bond acceptors (Lipinski definition) is 2. The highest BCUT2D eigenvalue weighted by atomic mass is 16.3. The van der Waals surface area contributed by atoms with E-state index in [1.807, 2.05) is 36.5 Å². The third-order valence-corrected chi connectivity index (χ3v) is 2.31. The Balaban J connectivity index is 2.58. The van der Waals surface area contributed by atoms with Gasteiger partial charge in [-0.15, -0.1) is 0 Å². The third-order valence-electron chi connectivity index (χ3n) is 2.31. The van der Waals surface area contributed by atoms with Crippen LogP contribution in [-0.2, 0) is 5.60 Å². The second kappa shape index (κ2) is 3.51. The minimum absolute atomic E-state index is 0.859. The molecule has 0 spiro atoms. The molecule has 15 heavy (non-hydrogen) atoms. The van der Waals surface area contributed by atoms with Gasteiger partial charge in [-0.2, -0.15) is 5.10 Å². The van der Waals surface area contributed by atoms with Crippen molar-refractivity contribution in [1.82, 2.24) is 9.78 Å². The molecule has 1 aromatic carbocycles. The highest BCUT2D eigenvalue weighted by molar-refractivity contribution is 5.43. The van der Waals surface area contributed by atoms with E-state index in [0.29, 0.717) is 0 Å². The SMILES string of the molecule is CC(C)(O)c1ccccc1-n1cccn1. The number of para-hydroxylation sites is 1. The van der Waals surface area contributed by atoms with E-state index in [2.05, 4.69) is 5.10 Å². The molecule has 1 heterocycles. The molecule has 0 aliphatic carbocycles. The number of nitrogens with zero attached hydrogens (tertiary/aromatic N) is 2. The van der Waals surface area contributed by atoms with Crippen molar-refractivity contribution in [2.24, 2.45) is 0 Å². The summed E-state index contributed by atoms with van der Waals surface area (Å²) in [5.74, 6) is 0. The van der Waals surface area contributed by atoms with Crippen LogP contribution in [0.2, 0.25) is 0 Å². The zero-order valence-electron chi connectivity index (χ0n) is 8.88. The molecule has 0 saturated heterocycles. The van der Waals surface area contributed by atoms with Crippen LogP contribution in [0.15, 0.2) is 42.7 Å². The van der Waals surface area contributed by atoms with Gasteiger partial charge in [0.1, 0.15) is 0 Å². The quantitative estimate of drug-likeness (QED) is 0.809. The fraction of sp³-hybridized carbons (Fsp3) is 0.250. The second-order valence-corrected chi connectivity index (χ2v) is 4.03. The highest BCUT2D eigenvalue weighted by Gasteiger charge is 2.20. The van der Waals surface area contributed by atoms with E-state index in [1.54, 1.807) is 24.7 Å². The van der Waals surface area contributed by atoms with Crippen LogP contribution < -0.4 is 0 Å². The Bertz CT molecular complexity index is 441. The minimum Gasteiger partial charge on any atom is -0.386 e. The summed E-state index contributed by atoms with van der Waals surface area (Å²) in [7, 11) is 0. The lowest BCUT2D eigenvalue weighted by molar-refractivity contribution is 0.0784. The molecule has 0 amide bonds. The lowest BCUT2D eigenvalue weighted by Crippen LogP contribution is -2.18. The molecular formula is C12H14N2O. The molecular weight excluding hydrogens is 188 g/mol. The van der Waals surface area contributed by atoms with Gasteiger partial charge in [0, 0.05) is 18.0 Å². The Kier molecular flexibility index (Phi) is 2.32. The molecule has 0 fully saturated rings. The lowest BCUT2D eigenvalue weighted by atomic mass is 9.96. The molecule has 0 atom stereocenters. The van der Waals surface area contributed by atoms with Crippen LogP contribution in [0.25, 0.3) is 5.69 Å². The average Bonchev–Trinajstić information content (AvgIpc) is 2.69. The van der Waals surface area contributed by atoms with Crippen molar-refractivity contribution in [3.05, 3.63) is 48.3 Å². The maximum absolute atomic E-state index is 10.0. The van der Waals surface area contributed by atoms with Gasteiger partial charge in [0.05, 0.1) is 11.3 Å². The molecule has 0 aliphatic rings. The van der Waals surface area contributed by atoms with E-state index < -0.39 is 5.60 Å². The van der Waals surface area contributed by atoms with Gasteiger partial charge in [-0.1, -0.05) is 18.2 Å². The predicted octanol–water partition coefficient (Wildman–Crippen LogP) is 2.10. The van der Waals surface area contributed by atoms with Crippen LogP contribution in [-0.4, -0.2) is 14.9 Å². The molecule has 78 valence electrons. The van der Waals surface area contributed by atoms with Crippen molar-refractivity contribution in [2.45, 2.75) is 19.4 Å². The number of aliphatic hydroxyl groups is 1. The summed E-state index contributed by atoms with van der Waals surface area (Å²) >= 11 is 0. The topological polar surface area (TPSA) is 38.0 Å². The number of hydrogen-bond donors (Lipinski definition) is 1. The maximum Gasteiger partial charge on any atom is 0.0861 e. The van der Waals surface area contributed by atoms with Gasteiger partial charge in [0.25, 0.3) is 0 Å². The van der Waals surface area contributed by atoms with Crippen molar-refractivity contribution < 1.29 is 5.11 Å². The number of aromatic nitrogens is 2. The maximum atomic E-state index is 10.0. The number of benzene rings is 1. The Morgan fingerprint density at radius 1 is 1.20 bits per heavy atom. The third kappa shape index (κ3) is 1.92. The molecule has 1 N–H and O–H groups in total. The highest BCUT2D eigenvalue weighted by Crippen LogP contribution is 2.25. The van der Waals surface area contributed by atoms with Gasteiger partial charge >= 0.3 is 0 Å². The molecule has 3 heteroatoms. The van der Waals surface area contributed by atoms with Crippen molar-refractivity contribution in [3.63, 3.8) is 0 Å². The van der Waals surface area contributed by atoms with Gasteiger partial charge < -0.3 is 5.11 Å². The summed E-state index contributed by atoms with van der Waals surface area (Å²) in [5, 5.41) is 14.2. The molecule has 2 aromatic rings. The molecule has 0 saturated carbocycles. The number of rotatable bonds is 2. The van der Waals surface area contributed by atoms with Crippen LogP contribution in [0, 0.1) is 0 Å². The van der Waals surface area contributed by atoms with Gasteiger partial charge in [-0.25, -0.2) is 4.68 Å². The van der Waals surface area contributed by atoms with Crippen molar-refractivity contribution in [3.8, 4) is 5.69 Å². The van der Waals surface area contributed by atoms with E-state index in [0.717, 1.165) is 11.3 Å². The normalized spacial score (nSPS) is 11.7. The Morgan fingerprint density at radius 2 is 1.93 bits per heavy atom. The van der Waals surface area contributed by atoms with Gasteiger partial charge in [-0.3, -0.25) is 0 Å². The van der Waals surface area contributed by atoms with E-state index in [9.17, 15) is 5.11 Å². The fourth-order valence-corrected chi connectivity index (χ4v) is 1.60. The first-order valence-electron chi connectivity index (χ1n) is 4.91. The first-order chi connectivity index (χ1) is 7.09. The Morgan fingerprint density at radius 3 is 2.53 bits per heavy atom. The van der Waals surface area contributed by atoms with E-state index in [1.165, 1.54) is 0 Å². The average molecular weight is 202 g/mol. The summed E-state index contributed by atoms with van der Waals surface area (Å²) in [6, 6.07) is 9.57. The first-order valence-corrected chi connectivity index (χ1v) is 4.91. The Labute approximate surface area is 89.0 Å². The van der Waals surface area contributed by atoms with Crippen molar-refractivity contribution >= 4 is 0 Å². The smallest absolute Gasteiger partial charge is 0.0861 e. The lowest BCUT2D eigenvalue weighted by Gasteiger charge is -2.21. The largest absolute Gasteiger partial charge is 0.386 e. The van der Waals surface area contributed by atoms with Crippen LogP contribution in [0.3, 0.4) is 0 Å². The summed E-state index contributed by atoms with van der Waals surface area (Å²) in [4.78, 5) is 0. The molecule has 1 aromatic heterocycles.